The van der Waals surface area contributed by atoms with Gasteiger partial charge in [0.1, 0.15) is 12.7 Å². The molecule has 9 nitrogen and oxygen atoms in total. The Kier molecular flexibility index (Phi) is 10.2. The number of halogens is 1. The van der Waals surface area contributed by atoms with Crippen molar-refractivity contribution in [3.05, 3.63) is 144 Å². The third-order valence-electron chi connectivity index (χ3n) is 6.72. The van der Waals surface area contributed by atoms with Gasteiger partial charge in [-0.2, -0.15) is 0 Å². The van der Waals surface area contributed by atoms with E-state index in [0.29, 0.717) is 5.56 Å². The molecule has 5 atom stereocenters. The number of rotatable bonds is 9. The average Bonchev–Trinajstić information content (AvgIpc) is 3.07. The predicted molar refractivity (Wildman–Crippen MR) is 161 cm³/mol. The van der Waals surface area contributed by atoms with Gasteiger partial charge in [0.15, 0.2) is 23.3 Å². The monoisotopic (exact) mass is 658 g/mol. The van der Waals surface area contributed by atoms with Gasteiger partial charge in [0.05, 0.1) is 22.3 Å². The Morgan fingerprint density at radius 2 is 0.841 bits per heavy atom. The molecule has 224 valence electrons. The van der Waals surface area contributed by atoms with E-state index in [1.807, 2.05) is 0 Å². The van der Waals surface area contributed by atoms with Gasteiger partial charge in [0, 0.05) is 0 Å². The van der Waals surface area contributed by atoms with Crippen molar-refractivity contribution in [2.24, 2.45) is 0 Å². The molecule has 1 fully saturated rings. The molecule has 0 amide bonds. The molecule has 0 spiro atoms. The van der Waals surface area contributed by atoms with Crippen molar-refractivity contribution in [2.45, 2.75) is 29.4 Å². The molecule has 4 aromatic rings. The van der Waals surface area contributed by atoms with Crippen LogP contribution in [0.25, 0.3) is 0 Å². The first-order valence-electron chi connectivity index (χ1n) is 13.7. The lowest BCUT2D eigenvalue weighted by Gasteiger charge is -2.43. The maximum absolute atomic E-state index is 13.3. The minimum Gasteiger partial charge on any atom is -0.459 e. The number of hydrogen-bond acceptors (Lipinski definition) is 9. The van der Waals surface area contributed by atoms with E-state index in [2.05, 4.69) is 15.9 Å². The van der Waals surface area contributed by atoms with Gasteiger partial charge < -0.3 is 23.7 Å². The highest BCUT2D eigenvalue weighted by molar-refractivity contribution is 9.09. The number of ether oxygens (including phenoxy) is 5. The maximum Gasteiger partial charge on any atom is 0.338 e. The van der Waals surface area contributed by atoms with E-state index in [9.17, 15) is 19.2 Å². The van der Waals surface area contributed by atoms with E-state index in [1.54, 1.807) is 121 Å². The minimum absolute atomic E-state index is 0.221. The summed E-state index contributed by atoms with van der Waals surface area (Å²) in [4.78, 5) is 52.6. The highest BCUT2D eigenvalue weighted by atomic mass is 79.9. The summed E-state index contributed by atoms with van der Waals surface area (Å²) in [6.07, 6.45) is -5.13. The Morgan fingerprint density at radius 3 is 1.25 bits per heavy atom. The van der Waals surface area contributed by atoms with Crippen molar-refractivity contribution < 1.29 is 42.9 Å². The summed E-state index contributed by atoms with van der Waals surface area (Å²) in [6.45, 7) is -0.374. The summed E-state index contributed by atoms with van der Waals surface area (Å²) < 4.78 is 29.3. The lowest BCUT2D eigenvalue weighted by molar-refractivity contribution is -0.205. The number of hydrogen-bond donors (Lipinski definition) is 0. The van der Waals surface area contributed by atoms with Gasteiger partial charge in [-0.25, -0.2) is 19.2 Å². The molecule has 1 heterocycles. The molecular formula is C34H27BrO9. The van der Waals surface area contributed by atoms with Crippen molar-refractivity contribution in [1.82, 2.24) is 0 Å². The van der Waals surface area contributed by atoms with E-state index < -0.39 is 53.3 Å². The van der Waals surface area contributed by atoms with Crippen LogP contribution in [0.5, 0.6) is 0 Å². The molecule has 1 saturated heterocycles. The van der Waals surface area contributed by atoms with Gasteiger partial charge in [0.25, 0.3) is 0 Å². The second kappa shape index (κ2) is 14.6. The van der Waals surface area contributed by atoms with Crippen LogP contribution in [0.15, 0.2) is 121 Å². The number of alkyl halides is 1. The Labute approximate surface area is 261 Å². The van der Waals surface area contributed by atoms with Crippen LogP contribution in [0.2, 0.25) is 0 Å². The summed E-state index contributed by atoms with van der Waals surface area (Å²) in [5, 5.41) is -1.05. The normalized spacial score (nSPS) is 21.0. The van der Waals surface area contributed by atoms with Gasteiger partial charge in [-0.05, 0) is 48.5 Å². The number of esters is 4. The Morgan fingerprint density at radius 1 is 0.500 bits per heavy atom. The van der Waals surface area contributed by atoms with Gasteiger partial charge >= 0.3 is 23.9 Å². The predicted octanol–water partition coefficient (Wildman–Crippen LogP) is 5.64. The van der Waals surface area contributed by atoms with E-state index in [0.717, 1.165) is 0 Å². The van der Waals surface area contributed by atoms with Crippen LogP contribution in [0, 0.1) is 0 Å². The second-order valence-electron chi connectivity index (χ2n) is 9.70. The molecule has 0 saturated carbocycles. The summed E-state index contributed by atoms with van der Waals surface area (Å²) in [7, 11) is 0. The molecular weight excluding hydrogens is 632 g/mol. The van der Waals surface area contributed by atoms with E-state index >= 15 is 0 Å². The second-order valence-corrected chi connectivity index (χ2v) is 10.6. The summed E-state index contributed by atoms with van der Waals surface area (Å²) in [6, 6.07) is 32.9. The molecule has 0 aromatic heterocycles. The standard InChI is InChI=1S/C34H27BrO9/c35-30-29(44-34(39)25-19-11-4-12-20-25)28(43-33(38)24-17-9-3-10-18-24)27(42-32(37)23-15-7-2-8-16-23)26(41-30)21-40-31(36)22-13-5-1-6-14-22/h1-20,26-30H,21H2/t26?,27-,28?,29?,30-/m0/s1. The van der Waals surface area contributed by atoms with Crippen LogP contribution in [0.3, 0.4) is 0 Å². The highest BCUT2D eigenvalue weighted by Gasteiger charge is 2.52. The fraction of sp³-hybridized carbons (Fsp3) is 0.176. The summed E-state index contributed by atoms with van der Waals surface area (Å²) in [5.41, 5.74) is 0.994. The fourth-order valence-electron chi connectivity index (χ4n) is 4.51. The smallest absolute Gasteiger partial charge is 0.338 e. The Bertz CT molecular complexity index is 1570. The topological polar surface area (TPSA) is 114 Å². The fourth-order valence-corrected chi connectivity index (χ4v) is 5.20. The molecule has 0 aliphatic carbocycles. The lowest BCUT2D eigenvalue weighted by atomic mass is 9.99. The molecule has 0 bridgehead atoms. The van der Waals surface area contributed by atoms with E-state index in [4.69, 9.17) is 23.7 Å². The van der Waals surface area contributed by atoms with Gasteiger partial charge in [0.2, 0.25) is 0 Å². The van der Waals surface area contributed by atoms with Crippen LogP contribution >= 0.6 is 15.9 Å². The van der Waals surface area contributed by atoms with Crippen LogP contribution in [-0.2, 0) is 23.7 Å². The molecule has 1 aliphatic heterocycles. The van der Waals surface area contributed by atoms with Gasteiger partial charge in [-0.3, -0.25) is 0 Å². The molecule has 44 heavy (non-hydrogen) atoms. The molecule has 3 unspecified atom stereocenters. The molecule has 0 N–H and O–H groups in total. The molecule has 10 heteroatoms. The summed E-state index contributed by atoms with van der Waals surface area (Å²) in [5.74, 6) is -2.85. The van der Waals surface area contributed by atoms with Crippen LogP contribution < -0.4 is 0 Å². The van der Waals surface area contributed by atoms with Gasteiger partial charge in [-0.15, -0.1) is 0 Å². The van der Waals surface area contributed by atoms with Crippen molar-refractivity contribution in [3.8, 4) is 0 Å². The zero-order valence-electron chi connectivity index (χ0n) is 23.2. The van der Waals surface area contributed by atoms with Crippen LogP contribution in [-0.4, -0.2) is 59.9 Å². The third-order valence-corrected chi connectivity index (χ3v) is 7.46. The molecule has 0 radical (unpaired) electrons. The minimum atomic E-state index is -1.37. The largest absolute Gasteiger partial charge is 0.459 e. The quantitative estimate of drug-likeness (QED) is 0.128. The zero-order valence-corrected chi connectivity index (χ0v) is 24.8. The van der Waals surface area contributed by atoms with Crippen LogP contribution in [0.1, 0.15) is 41.4 Å². The van der Waals surface area contributed by atoms with Crippen molar-refractivity contribution in [3.63, 3.8) is 0 Å². The highest BCUT2D eigenvalue weighted by Crippen LogP contribution is 2.33. The first-order valence-corrected chi connectivity index (χ1v) is 14.6. The number of carbonyl (C=O) groups is 4. The Balaban J connectivity index is 1.48. The first-order chi connectivity index (χ1) is 21.4. The number of carbonyl (C=O) groups excluding carboxylic acids is 4. The molecule has 5 rings (SSSR count). The van der Waals surface area contributed by atoms with Crippen LogP contribution in [0.4, 0.5) is 0 Å². The maximum atomic E-state index is 13.3. The van der Waals surface area contributed by atoms with Gasteiger partial charge in [-0.1, -0.05) is 88.7 Å². The molecule has 4 aromatic carbocycles. The van der Waals surface area contributed by atoms with Crippen molar-refractivity contribution in [1.29, 1.82) is 0 Å². The average molecular weight is 659 g/mol. The Hall–Kier alpha value is -4.80. The first kappa shape index (κ1) is 30.7. The third kappa shape index (κ3) is 7.58. The van der Waals surface area contributed by atoms with E-state index in [1.165, 1.54) is 0 Å². The van der Waals surface area contributed by atoms with Crippen molar-refractivity contribution in [2.75, 3.05) is 6.61 Å². The zero-order chi connectivity index (χ0) is 30.9. The number of benzene rings is 4. The van der Waals surface area contributed by atoms with E-state index in [-0.39, 0.29) is 23.3 Å². The summed E-state index contributed by atoms with van der Waals surface area (Å²) >= 11 is 3.40. The lowest BCUT2D eigenvalue weighted by Crippen LogP contribution is -2.61. The van der Waals surface area contributed by atoms with Crippen molar-refractivity contribution >= 4 is 39.8 Å². The SMILES string of the molecule is O=C(OCC1O[C@H](Br)C(OC(=O)c2ccccc2)C(OC(=O)c2ccccc2)[C@H]1OC(=O)c1ccccc1)c1ccccc1. The molecule has 1 aliphatic rings.